The third kappa shape index (κ3) is 3.31. The summed E-state index contributed by atoms with van der Waals surface area (Å²) in [5, 5.41) is 15.5. The molecular formula is C20H18NO6-. The standard InChI is InChI=1S/C20H19NO6/c1-11-7-13(9-17(25-3)19(11)26-4)18-15(10-27-21-18)12-5-6-16(24-2)14(8-12)20(22)23/h5-10H,1-4H3,(H,22,23)/p-1. The maximum Gasteiger partial charge on any atom is 0.163 e. The molecule has 1 heterocycles. The Morgan fingerprint density at radius 1 is 1.00 bits per heavy atom. The number of methoxy groups -OCH3 is 3. The van der Waals surface area contributed by atoms with Crippen molar-refractivity contribution in [3.63, 3.8) is 0 Å². The molecule has 3 aromatic rings. The van der Waals surface area contributed by atoms with Gasteiger partial charge in [0, 0.05) is 16.7 Å². The van der Waals surface area contributed by atoms with Gasteiger partial charge < -0.3 is 28.6 Å². The number of ether oxygens (including phenoxy) is 3. The van der Waals surface area contributed by atoms with Crippen LogP contribution >= 0.6 is 0 Å². The molecule has 0 spiro atoms. The van der Waals surface area contributed by atoms with E-state index in [1.54, 1.807) is 32.4 Å². The average molecular weight is 368 g/mol. The smallest absolute Gasteiger partial charge is 0.163 e. The fourth-order valence-electron chi connectivity index (χ4n) is 2.98. The predicted octanol–water partition coefficient (Wildman–Crippen LogP) is 2.71. The van der Waals surface area contributed by atoms with Gasteiger partial charge in [0.1, 0.15) is 17.7 Å². The van der Waals surface area contributed by atoms with Gasteiger partial charge in [0.2, 0.25) is 0 Å². The molecule has 0 saturated carbocycles. The van der Waals surface area contributed by atoms with Crippen molar-refractivity contribution in [2.45, 2.75) is 6.92 Å². The largest absolute Gasteiger partial charge is 0.545 e. The summed E-state index contributed by atoms with van der Waals surface area (Å²) in [6.45, 7) is 1.90. The predicted molar refractivity (Wildman–Crippen MR) is 96.1 cm³/mol. The van der Waals surface area contributed by atoms with Gasteiger partial charge in [-0.15, -0.1) is 0 Å². The number of benzene rings is 2. The lowest BCUT2D eigenvalue weighted by Gasteiger charge is -2.13. The number of hydrogen-bond acceptors (Lipinski definition) is 7. The molecule has 0 N–H and O–H groups in total. The molecule has 3 rings (SSSR count). The van der Waals surface area contributed by atoms with Gasteiger partial charge in [-0.2, -0.15) is 0 Å². The quantitative estimate of drug-likeness (QED) is 0.660. The van der Waals surface area contributed by atoms with Gasteiger partial charge in [-0.05, 0) is 42.3 Å². The molecule has 1 aromatic heterocycles. The van der Waals surface area contributed by atoms with Gasteiger partial charge in [0.25, 0.3) is 0 Å². The van der Waals surface area contributed by atoms with Crippen molar-refractivity contribution in [2.24, 2.45) is 0 Å². The first-order valence-electron chi connectivity index (χ1n) is 8.07. The second-order valence-corrected chi connectivity index (χ2v) is 5.81. The molecule has 0 amide bonds. The highest BCUT2D eigenvalue weighted by molar-refractivity contribution is 5.92. The Kier molecular flexibility index (Phi) is 5.03. The summed E-state index contributed by atoms with van der Waals surface area (Å²) in [5.74, 6) is 0.0916. The lowest BCUT2D eigenvalue weighted by atomic mass is 9.98. The van der Waals surface area contributed by atoms with Crippen LogP contribution in [-0.4, -0.2) is 32.5 Å². The number of rotatable bonds is 6. The third-order valence-electron chi connectivity index (χ3n) is 4.24. The van der Waals surface area contributed by atoms with Gasteiger partial charge in [-0.25, -0.2) is 0 Å². The Hall–Kier alpha value is -3.48. The van der Waals surface area contributed by atoms with Crippen molar-refractivity contribution in [2.75, 3.05) is 21.3 Å². The van der Waals surface area contributed by atoms with Gasteiger partial charge in [-0.1, -0.05) is 11.2 Å². The molecule has 0 saturated heterocycles. The summed E-state index contributed by atoms with van der Waals surface area (Å²) in [6, 6.07) is 8.45. The number of carbonyl (C=O) groups excluding carboxylic acids is 1. The van der Waals surface area contributed by atoms with E-state index in [-0.39, 0.29) is 11.3 Å². The minimum atomic E-state index is -1.33. The van der Waals surface area contributed by atoms with E-state index in [9.17, 15) is 9.90 Å². The molecule has 27 heavy (non-hydrogen) atoms. The zero-order valence-electron chi connectivity index (χ0n) is 15.4. The highest BCUT2D eigenvalue weighted by Crippen LogP contribution is 2.39. The van der Waals surface area contributed by atoms with Crippen LogP contribution in [0.2, 0.25) is 0 Å². The lowest BCUT2D eigenvalue weighted by molar-refractivity contribution is -0.255. The molecule has 140 valence electrons. The van der Waals surface area contributed by atoms with Crippen LogP contribution < -0.4 is 19.3 Å². The molecule has 0 radical (unpaired) electrons. The third-order valence-corrected chi connectivity index (χ3v) is 4.24. The van der Waals surface area contributed by atoms with E-state index in [2.05, 4.69) is 5.16 Å². The van der Waals surface area contributed by atoms with E-state index in [0.29, 0.717) is 28.3 Å². The van der Waals surface area contributed by atoms with Crippen LogP contribution in [0.4, 0.5) is 0 Å². The van der Waals surface area contributed by atoms with Crippen LogP contribution in [0.5, 0.6) is 17.2 Å². The molecule has 0 fully saturated rings. The van der Waals surface area contributed by atoms with E-state index in [1.165, 1.54) is 19.4 Å². The maximum absolute atomic E-state index is 11.4. The van der Waals surface area contributed by atoms with Gasteiger partial charge in [0.15, 0.2) is 11.5 Å². The van der Waals surface area contributed by atoms with Crippen molar-refractivity contribution in [1.29, 1.82) is 0 Å². The number of aryl methyl sites for hydroxylation is 1. The molecule has 2 aromatic carbocycles. The molecule has 0 unspecified atom stereocenters. The van der Waals surface area contributed by atoms with Gasteiger partial charge >= 0.3 is 0 Å². The first-order valence-corrected chi connectivity index (χ1v) is 8.07. The number of carboxylic acid groups (broad SMARTS) is 1. The van der Waals surface area contributed by atoms with Crippen LogP contribution in [0.1, 0.15) is 15.9 Å². The van der Waals surface area contributed by atoms with Crippen molar-refractivity contribution in [3.8, 4) is 39.6 Å². The number of aromatic carboxylic acids is 1. The molecular weight excluding hydrogens is 350 g/mol. The first kappa shape index (κ1) is 18.3. The van der Waals surface area contributed by atoms with Crippen LogP contribution in [0.15, 0.2) is 41.1 Å². The van der Waals surface area contributed by atoms with Crippen molar-refractivity contribution < 1.29 is 28.6 Å². The van der Waals surface area contributed by atoms with E-state index in [4.69, 9.17) is 18.7 Å². The Morgan fingerprint density at radius 3 is 2.37 bits per heavy atom. The van der Waals surface area contributed by atoms with E-state index in [0.717, 1.165) is 11.1 Å². The Bertz CT molecular complexity index is 992. The maximum atomic E-state index is 11.4. The molecule has 7 nitrogen and oxygen atoms in total. The Balaban J connectivity index is 2.14. The SMILES string of the molecule is COc1ccc(-c2conc2-c2cc(C)c(OC)c(OC)c2)cc1C(=O)[O-]. The molecule has 0 aliphatic carbocycles. The summed E-state index contributed by atoms with van der Waals surface area (Å²) in [7, 11) is 4.53. The van der Waals surface area contributed by atoms with E-state index in [1.807, 2.05) is 13.0 Å². The first-order chi connectivity index (χ1) is 13.0. The monoisotopic (exact) mass is 368 g/mol. The van der Waals surface area contributed by atoms with E-state index >= 15 is 0 Å². The second kappa shape index (κ2) is 7.41. The van der Waals surface area contributed by atoms with Crippen molar-refractivity contribution >= 4 is 5.97 Å². The Morgan fingerprint density at radius 2 is 1.74 bits per heavy atom. The van der Waals surface area contributed by atoms with Crippen molar-refractivity contribution in [1.82, 2.24) is 5.16 Å². The van der Waals surface area contributed by atoms with Crippen molar-refractivity contribution in [3.05, 3.63) is 47.7 Å². The highest BCUT2D eigenvalue weighted by Gasteiger charge is 2.18. The molecule has 7 heteroatoms. The number of hydrogen-bond donors (Lipinski definition) is 0. The summed E-state index contributed by atoms with van der Waals surface area (Å²) < 4.78 is 21.0. The molecule has 0 bridgehead atoms. The number of carbonyl (C=O) groups is 1. The van der Waals surface area contributed by atoms with Gasteiger partial charge in [-0.3, -0.25) is 0 Å². The normalized spacial score (nSPS) is 10.5. The van der Waals surface area contributed by atoms with Crippen LogP contribution in [0.25, 0.3) is 22.4 Å². The lowest BCUT2D eigenvalue weighted by Crippen LogP contribution is -2.23. The molecule has 0 atom stereocenters. The van der Waals surface area contributed by atoms with Crippen LogP contribution in [0, 0.1) is 6.92 Å². The highest BCUT2D eigenvalue weighted by atomic mass is 16.5. The van der Waals surface area contributed by atoms with Gasteiger partial charge in [0.05, 0.1) is 27.3 Å². The minimum Gasteiger partial charge on any atom is -0.545 e. The summed E-state index contributed by atoms with van der Waals surface area (Å²) in [6.07, 6.45) is 1.46. The Labute approximate surface area is 156 Å². The number of nitrogens with zero attached hydrogens (tertiary/aromatic N) is 1. The summed E-state index contributed by atoms with van der Waals surface area (Å²) in [4.78, 5) is 11.4. The minimum absolute atomic E-state index is 0.0503. The zero-order chi connectivity index (χ0) is 19.6. The summed E-state index contributed by atoms with van der Waals surface area (Å²) >= 11 is 0. The fraction of sp³-hybridized carbons (Fsp3) is 0.200. The molecule has 0 aliphatic rings. The topological polar surface area (TPSA) is 93.9 Å². The summed E-state index contributed by atoms with van der Waals surface area (Å²) in [5.41, 5.74) is 3.36. The zero-order valence-corrected chi connectivity index (χ0v) is 15.4. The average Bonchev–Trinajstić information content (AvgIpc) is 3.16. The second-order valence-electron chi connectivity index (χ2n) is 5.81. The fourth-order valence-corrected chi connectivity index (χ4v) is 2.98. The van der Waals surface area contributed by atoms with Crippen LogP contribution in [0.3, 0.4) is 0 Å². The molecule has 0 aliphatic heterocycles. The van der Waals surface area contributed by atoms with E-state index < -0.39 is 5.97 Å². The number of aromatic nitrogens is 1. The number of carboxylic acids is 1. The van der Waals surface area contributed by atoms with Crippen LogP contribution in [-0.2, 0) is 0 Å².